The van der Waals surface area contributed by atoms with Crippen LogP contribution < -0.4 is 10.6 Å². The molecule has 0 saturated heterocycles. The van der Waals surface area contributed by atoms with Crippen LogP contribution in [0, 0.1) is 17.0 Å². The van der Waals surface area contributed by atoms with Crippen molar-refractivity contribution in [2.75, 3.05) is 13.1 Å². The summed E-state index contributed by atoms with van der Waals surface area (Å²) in [6, 6.07) is 8.39. The van der Waals surface area contributed by atoms with Crippen LogP contribution in [0.2, 0.25) is 0 Å². The number of rotatable bonds is 8. The number of aromatic nitrogens is 4. The average Bonchev–Trinajstić information content (AvgIpc) is 3.35. The van der Waals surface area contributed by atoms with Gasteiger partial charge in [-0.15, -0.1) is 0 Å². The Morgan fingerprint density at radius 3 is 2.66 bits per heavy atom. The molecule has 2 N–H and O–H groups in total. The Balaban J connectivity index is 1.45. The van der Waals surface area contributed by atoms with Gasteiger partial charge in [0.25, 0.3) is 5.91 Å². The largest absolute Gasteiger partial charge is 0.389 e. The van der Waals surface area contributed by atoms with Crippen molar-refractivity contribution < 1.29 is 19.0 Å². The van der Waals surface area contributed by atoms with Crippen molar-refractivity contribution in [3.63, 3.8) is 0 Å². The smallest absolute Gasteiger partial charge is 0.358 e. The Kier molecular flexibility index (Phi) is 5.92. The predicted molar refractivity (Wildman–Crippen MR) is 98.1 cm³/mol. The molecule has 150 valence electrons. The van der Waals surface area contributed by atoms with Gasteiger partial charge in [0.1, 0.15) is 6.54 Å². The Bertz CT molecular complexity index is 1040. The van der Waals surface area contributed by atoms with E-state index in [1.165, 1.54) is 16.9 Å². The molecule has 2 heterocycles. The molecule has 2 amide bonds. The minimum absolute atomic E-state index is 0.0111. The van der Waals surface area contributed by atoms with Gasteiger partial charge in [0.15, 0.2) is 5.82 Å². The van der Waals surface area contributed by atoms with Crippen LogP contribution in [0.1, 0.15) is 32.4 Å². The highest BCUT2D eigenvalue weighted by Crippen LogP contribution is 2.07. The lowest BCUT2D eigenvalue weighted by molar-refractivity contribution is -0.389. The number of nitro groups is 1. The van der Waals surface area contributed by atoms with Gasteiger partial charge in [-0.1, -0.05) is 22.9 Å². The Morgan fingerprint density at radius 2 is 1.97 bits per heavy atom. The first kappa shape index (κ1) is 19.7. The number of carbonyl (C=O) groups excluding carboxylic acids is 2. The third kappa shape index (κ3) is 5.22. The zero-order valence-corrected chi connectivity index (χ0v) is 15.4. The summed E-state index contributed by atoms with van der Waals surface area (Å²) < 4.78 is 6.13. The van der Waals surface area contributed by atoms with Gasteiger partial charge in [-0.25, -0.2) is 0 Å². The molecule has 12 heteroatoms. The molecule has 0 aliphatic heterocycles. The summed E-state index contributed by atoms with van der Waals surface area (Å²) in [6.45, 7) is 2.29. The van der Waals surface area contributed by atoms with Gasteiger partial charge in [0.05, 0.1) is 17.4 Å². The maximum absolute atomic E-state index is 12.0. The van der Waals surface area contributed by atoms with Crippen molar-refractivity contribution in [1.29, 1.82) is 0 Å². The predicted octanol–water partition coefficient (Wildman–Crippen LogP) is 0.691. The average molecular weight is 399 g/mol. The topological polar surface area (TPSA) is 158 Å². The van der Waals surface area contributed by atoms with Crippen LogP contribution in [0.15, 0.2) is 41.1 Å². The van der Waals surface area contributed by atoms with E-state index in [-0.39, 0.29) is 43.1 Å². The van der Waals surface area contributed by atoms with Gasteiger partial charge in [0, 0.05) is 18.7 Å². The number of carbonyl (C=O) groups is 2. The molecule has 2 aromatic heterocycles. The summed E-state index contributed by atoms with van der Waals surface area (Å²) in [4.78, 5) is 38.0. The molecular weight excluding hydrogens is 382 g/mol. The van der Waals surface area contributed by atoms with E-state index < -0.39 is 10.8 Å². The van der Waals surface area contributed by atoms with Gasteiger partial charge in [-0.2, -0.15) is 9.67 Å². The third-order valence-corrected chi connectivity index (χ3v) is 3.76. The van der Waals surface area contributed by atoms with Gasteiger partial charge >= 0.3 is 17.6 Å². The normalized spacial score (nSPS) is 10.5. The number of hydrogen-bond donors (Lipinski definition) is 2. The maximum Gasteiger partial charge on any atom is 0.389 e. The van der Waals surface area contributed by atoms with Crippen molar-refractivity contribution in [3.05, 3.63) is 69.5 Å². The fourth-order valence-corrected chi connectivity index (χ4v) is 2.41. The van der Waals surface area contributed by atoms with Crippen molar-refractivity contribution >= 4 is 17.6 Å². The molecule has 1 aromatic carbocycles. The molecule has 0 aliphatic rings. The van der Waals surface area contributed by atoms with E-state index in [4.69, 9.17) is 4.52 Å². The standard InChI is InChI=1S/C17H17N7O5/c1-11-3-2-4-12(9-11)15(25)18-6-7-19-16(26)17-20-13(22-29-17)10-23-8-5-14(21-23)24(27)28/h2-5,8-9H,6-7,10H2,1H3,(H,18,25)(H,19,26). The molecule has 0 spiro atoms. The van der Waals surface area contributed by atoms with Crippen LogP contribution in [0.3, 0.4) is 0 Å². The zero-order valence-electron chi connectivity index (χ0n) is 15.4. The fraction of sp³-hybridized carbons (Fsp3) is 0.235. The van der Waals surface area contributed by atoms with Crippen molar-refractivity contribution in [2.24, 2.45) is 0 Å². The van der Waals surface area contributed by atoms with Gasteiger partial charge in [-0.05, 0) is 24.0 Å². The summed E-state index contributed by atoms with van der Waals surface area (Å²) in [5.41, 5.74) is 1.51. The van der Waals surface area contributed by atoms with Crippen LogP contribution in [0.5, 0.6) is 0 Å². The lowest BCUT2D eigenvalue weighted by Gasteiger charge is -2.06. The monoisotopic (exact) mass is 399 g/mol. The first-order valence-electron chi connectivity index (χ1n) is 8.56. The van der Waals surface area contributed by atoms with E-state index in [0.717, 1.165) is 5.56 Å². The molecular formula is C17H17N7O5. The summed E-state index contributed by atoms with van der Waals surface area (Å²) in [5, 5.41) is 23.2. The molecule has 0 atom stereocenters. The highest BCUT2D eigenvalue weighted by atomic mass is 16.6. The number of benzene rings is 1. The van der Waals surface area contributed by atoms with E-state index in [2.05, 4.69) is 25.9 Å². The summed E-state index contributed by atoms with van der Waals surface area (Å²) in [6.07, 6.45) is 1.39. The lowest BCUT2D eigenvalue weighted by Crippen LogP contribution is -2.34. The third-order valence-electron chi connectivity index (χ3n) is 3.76. The maximum atomic E-state index is 12.0. The Labute approximate surface area is 164 Å². The van der Waals surface area contributed by atoms with Crippen molar-refractivity contribution in [2.45, 2.75) is 13.5 Å². The number of amides is 2. The Hall–Kier alpha value is -4.09. The van der Waals surface area contributed by atoms with E-state index in [0.29, 0.717) is 5.56 Å². The SMILES string of the molecule is Cc1cccc(C(=O)NCCNC(=O)c2nc(Cn3ccc([N+](=O)[O-])n3)no2)c1. The van der Waals surface area contributed by atoms with Gasteiger partial charge < -0.3 is 25.3 Å². The zero-order chi connectivity index (χ0) is 20.8. The molecule has 3 aromatic rings. The van der Waals surface area contributed by atoms with E-state index in [1.807, 2.05) is 13.0 Å². The van der Waals surface area contributed by atoms with E-state index >= 15 is 0 Å². The number of aryl methyl sites for hydroxylation is 1. The molecule has 29 heavy (non-hydrogen) atoms. The second-order valence-corrected chi connectivity index (χ2v) is 6.03. The van der Waals surface area contributed by atoms with Crippen LogP contribution in [0.25, 0.3) is 0 Å². The second kappa shape index (κ2) is 8.73. The highest BCUT2D eigenvalue weighted by molar-refractivity contribution is 5.94. The van der Waals surface area contributed by atoms with Crippen molar-refractivity contribution in [3.8, 4) is 0 Å². The molecule has 0 saturated carbocycles. The number of nitrogens with one attached hydrogen (secondary N) is 2. The van der Waals surface area contributed by atoms with Crippen LogP contribution >= 0.6 is 0 Å². The van der Waals surface area contributed by atoms with Gasteiger partial charge in [0.2, 0.25) is 0 Å². The molecule has 12 nitrogen and oxygen atoms in total. The second-order valence-electron chi connectivity index (χ2n) is 6.03. The summed E-state index contributed by atoms with van der Waals surface area (Å²) >= 11 is 0. The molecule has 3 rings (SSSR count). The van der Waals surface area contributed by atoms with E-state index in [9.17, 15) is 19.7 Å². The summed E-state index contributed by atoms with van der Waals surface area (Å²) in [5.74, 6) is -1.26. The quantitative estimate of drug-likeness (QED) is 0.318. The van der Waals surface area contributed by atoms with Crippen LogP contribution in [0.4, 0.5) is 5.82 Å². The fourth-order valence-electron chi connectivity index (χ4n) is 2.41. The van der Waals surface area contributed by atoms with Crippen LogP contribution in [-0.2, 0) is 6.54 Å². The van der Waals surface area contributed by atoms with E-state index in [1.54, 1.807) is 18.2 Å². The molecule has 0 bridgehead atoms. The number of nitrogens with zero attached hydrogens (tertiary/aromatic N) is 5. The highest BCUT2D eigenvalue weighted by Gasteiger charge is 2.17. The lowest BCUT2D eigenvalue weighted by atomic mass is 10.1. The minimum atomic E-state index is -0.622. The van der Waals surface area contributed by atoms with Crippen LogP contribution in [-0.4, -0.2) is 49.7 Å². The minimum Gasteiger partial charge on any atom is -0.358 e. The van der Waals surface area contributed by atoms with Crippen molar-refractivity contribution in [1.82, 2.24) is 30.6 Å². The molecule has 0 unspecified atom stereocenters. The molecule has 0 fully saturated rings. The molecule has 0 radical (unpaired) electrons. The van der Waals surface area contributed by atoms with Gasteiger partial charge in [-0.3, -0.25) is 9.59 Å². The summed E-state index contributed by atoms with van der Waals surface area (Å²) in [7, 11) is 0. The Morgan fingerprint density at radius 1 is 1.21 bits per heavy atom. The molecule has 0 aliphatic carbocycles. The first-order chi connectivity index (χ1) is 13.9. The first-order valence-corrected chi connectivity index (χ1v) is 8.56. The number of hydrogen-bond acceptors (Lipinski definition) is 8.